The van der Waals surface area contributed by atoms with Gasteiger partial charge in [-0.2, -0.15) is 5.10 Å². The molecule has 6 rings (SSSR count). The maximum absolute atomic E-state index is 6.13. The molecule has 164 valence electrons. The average molecular weight is 422 g/mol. The van der Waals surface area contributed by atoms with Gasteiger partial charge in [-0.3, -0.25) is 0 Å². The van der Waals surface area contributed by atoms with Gasteiger partial charge in [-0.15, -0.1) is 0 Å². The smallest absolute Gasteiger partial charge is 0.223 e. The molecule has 0 spiro atoms. The number of fused-ring (bicyclic) bond motifs is 1. The van der Waals surface area contributed by atoms with Gasteiger partial charge in [-0.05, 0) is 51.1 Å². The summed E-state index contributed by atoms with van der Waals surface area (Å²) >= 11 is 0. The van der Waals surface area contributed by atoms with Crippen LogP contribution in [0.4, 0.5) is 5.95 Å². The maximum atomic E-state index is 6.13. The van der Waals surface area contributed by atoms with Gasteiger partial charge in [0.1, 0.15) is 17.1 Å². The van der Waals surface area contributed by atoms with Gasteiger partial charge in [0.2, 0.25) is 5.95 Å². The zero-order chi connectivity index (χ0) is 21.2. The summed E-state index contributed by atoms with van der Waals surface area (Å²) < 4.78 is 8.03. The van der Waals surface area contributed by atoms with E-state index in [2.05, 4.69) is 20.6 Å². The SMILES string of the molecule is CC.c1cc(-c2cnc3cc(OC4CC4)c(C4CC4)nn23)nc(NC2CCCNC2)n1. The molecule has 3 aromatic rings. The van der Waals surface area contributed by atoms with Crippen LogP contribution >= 0.6 is 0 Å². The summed E-state index contributed by atoms with van der Waals surface area (Å²) in [6, 6.07) is 4.32. The lowest BCUT2D eigenvalue weighted by atomic mass is 10.1. The van der Waals surface area contributed by atoms with Crippen LogP contribution in [0.3, 0.4) is 0 Å². The molecule has 2 N–H and O–H groups in total. The van der Waals surface area contributed by atoms with E-state index in [0.717, 1.165) is 60.8 Å². The van der Waals surface area contributed by atoms with Crippen LogP contribution in [0.2, 0.25) is 0 Å². The predicted molar refractivity (Wildman–Crippen MR) is 121 cm³/mol. The van der Waals surface area contributed by atoms with Gasteiger partial charge >= 0.3 is 0 Å². The van der Waals surface area contributed by atoms with E-state index in [1.54, 1.807) is 6.20 Å². The maximum Gasteiger partial charge on any atom is 0.223 e. The number of ether oxygens (including phenoxy) is 1. The van der Waals surface area contributed by atoms with E-state index in [4.69, 9.17) is 14.8 Å². The molecule has 8 nitrogen and oxygen atoms in total. The van der Waals surface area contributed by atoms with Crippen molar-refractivity contribution in [3.05, 3.63) is 30.2 Å². The Kier molecular flexibility index (Phi) is 5.72. The van der Waals surface area contributed by atoms with Crippen LogP contribution in [-0.4, -0.2) is 49.8 Å². The van der Waals surface area contributed by atoms with Gasteiger partial charge in [0.25, 0.3) is 0 Å². The van der Waals surface area contributed by atoms with Crippen molar-refractivity contribution >= 4 is 11.6 Å². The van der Waals surface area contributed by atoms with Crippen molar-refractivity contribution in [2.24, 2.45) is 0 Å². The first-order valence-electron chi connectivity index (χ1n) is 11.7. The molecule has 3 aliphatic rings. The number of imidazole rings is 1. The van der Waals surface area contributed by atoms with Crippen molar-refractivity contribution in [1.82, 2.24) is 29.9 Å². The van der Waals surface area contributed by atoms with Crippen LogP contribution in [0.1, 0.15) is 64.0 Å². The predicted octanol–water partition coefficient (Wildman–Crippen LogP) is 3.80. The summed E-state index contributed by atoms with van der Waals surface area (Å²) in [6.07, 6.45) is 10.9. The first-order chi connectivity index (χ1) is 15.3. The third kappa shape index (κ3) is 4.49. The fourth-order valence-electron chi connectivity index (χ4n) is 3.91. The molecule has 1 saturated heterocycles. The van der Waals surface area contributed by atoms with Crippen LogP contribution in [0, 0.1) is 0 Å². The molecule has 2 saturated carbocycles. The largest absolute Gasteiger partial charge is 0.488 e. The number of hydrogen-bond acceptors (Lipinski definition) is 7. The van der Waals surface area contributed by atoms with Crippen LogP contribution in [0.15, 0.2) is 24.5 Å². The Morgan fingerprint density at radius 3 is 2.74 bits per heavy atom. The molecule has 8 heteroatoms. The third-order valence-corrected chi connectivity index (χ3v) is 5.81. The molecule has 0 radical (unpaired) electrons. The number of aromatic nitrogens is 5. The van der Waals surface area contributed by atoms with Crippen molar-refractivity contribution in [3.8, 4) is 17.1 Å². The second kappa shape index (κ2) is 8.78. The summed E-state index contributed by atoms with van der Waals surface area (Å²) in [5, 5.41) is 11.8. The number of hydrogen-bond donors (Lipinski definition) is 2. The van der Waals surface area contributed by atoms with E-state index in [1.807, 2.05) is 36.7 Å². The number of piperidine rings is 1. The quantitative estimate of drug-likeness (QED) is 0.626. The zero-order valence-corrected chi connectivity index (χ0v) is 18.3. The van der Waals surface area contributed by atoms with Crippen LogP contribution in [0.5, 0.6) is 5.75 Å². The molecular formula is C23H31N7O. The van der Waals surface area contributed by atoms with E-state index in [0.29, 0.717) is 24.0 Å². The standard InChI is InChI=1S/C21H25N7O.C2H6/c1-2-14(11-22-8-1)25-21-23-9-7-16(26-21)17-12-24-19-10-18(29-15-5-6-15)20(13-3-4-13)27-28(17)19;1-2/h7,9-10,12-15,22H,1-6,8,11H2,(H,23,25,26);1-2H3. The minimum Gasteiger partial charge on any atom is -0.488 e. The number of nitrogens with one attached hydrogen (secondary N) is 2. The summed E-state index contributed by atoms with van der Waals surface area (Å²) in [4.78, 5) is 13.7. The molecule has 3 fully saturated rings. The van der Waals surface area contributed by atoms with Crippen molar-refractivity contribution in [3.63, 3.8) is 0 Å². The molecular weight excluding hydrogens is 390 g/mol. The number of nitrogens with zero attached hydrogens (tertiary/aromatic N) is 5. The van der Waals surface area contributed by atoms with E-state index in [1.165, 1.54) is 19.3 Å². The Morgan fingerprint density at radius 2 is 2.00 bits per heavy atom. The molecule has 0 amide bonds. The highest BCUT2D eigenvalue weighted by molar-refractivity contribution is 5.61. The van der Waals surface area contributed by atoms with Gasteiger partial charge in [0, 0.05) is 30.8 Å². The lowest BCUT2D eigenvalue weighted by Gasteiger charge is -2.23. The zero-order valence-electron chi connectivity index (χ0n) is 18.3. The van der Waals surface area contributed by atoms with E-state index in [9.17, 15) is 0 Å². The van der Waals surface area contributed by atoms with Gasteiger partial charge in [0.15, 0.2) is 5.65 Å². The fourth-order valence-corrected chi connectivity index (χ4v) is 3.91. The summed E-state index contributed by atoms with van der Waals surface area (Å²) in [6.45, 7) is 6.03. The molecule has 1 aliphatic heterocycles. The van der Waals surface area contributed by atoms with Crippen molar-refractivity contribution in [1.29, 1.82) is 0 Å². The Balaban J connectivity index is 0.000000994. The molecule has 4 heterocycles. The summed E-state index contributed by atoms with van der Waals surface area (Å²) in [7, 11) is 0. The molecule has 0 bridgehead atoms. The summed E-state index contributed by atoms with van der Waals surface area (Å²) in [5.41, 5.74) is 3.56. The molecule has 3 aromatic heterocycles. The van der Waals surface area contributed by atoms with E-state index in [-0.39, 0.29) is 0 Å². The summed E-state index contributed by atoms with van der Waals surface area (Å²) in [5.74, 6) is 2.07. The Bertz CT molecular complexity index is 1040. The fraction of sp³-hybridized carbons (Fsp3) is 0.565. The van der Waals surface area contributed by atoms with Gasteiger partial charge in [-0.1, -0.05) is 13.8 Å². The lowest BCUT2D eigenvalue weighted by molar-refractivity contribution is 0.297. The van der Waals surface area contributed by atoms with Crippen molar-refractivity contribution in [2.75, 3.05) is 18.4 Å². The van der Waals surface area contributed by atoms with Gasteiger partial charge < -0.3 is 15.4 Å². The molecule has 31 heavy (non-hydrogen) atoms. The van der Waals surface area contributed by atoms with E-state index < -0.39 is 0 Å². The minimum atomic E-state index is 0.357. The lowest BCUT2D eigenvalue weighted by Crippen LogP contribution is -2.38. The second-order valence-electron chi connectivity index (χ2n) is 8.35. The van der Waals surface area contributed by atoms with Crippen LogP contribution < -0.4 is 15.4 Å². The van der Waals surface area contributed by atoms with E-state index >= 15 is 0 Å². The van der Waals surface area contributed by atoms with Crippen molar-refractivity contribution < 1.29 is 4.74 Å². The molecule has 2 aliphatic carbocycles. The van der Waals surface area contributed by atoms with Gasteiger partial charge in [0.05, 0.1) is 18.0 Å². The van der Waals surface area contributed by atoms with Crippen molar-refractivity contribution in [2.45, 2.75) is 70.4 Å². The third-order valence-electron chi connectivity index (χ3n) is 5.81. The topological polar surface area (TPSA) is 89.3 Å². The average Bonchev–Trinajstić information content (AvgIpc) is 3.75. The molecule has 0 aromatic carbocycles. The van der Waals surface area contributed by atoms with Crippen LogP contribution in [-0.2, 0) is 0 Å². The first-order valence-corrected chi connectivity index (χ1v) is 11.7. The highest BCUT2D eigenvalue weighted by atomic mass is 16.5. The Labute approximate surface area is 182 Å². The minimum absolute atomic E-state index is 0.357. The highest BCUT2D eigenvalue weighted by Crippen LogP contribution is 2.44. The van der Waals surface area contributed by atoms with Gasteiger partial charge in [-0.25, -0.2) is 19.5 Å². The molecule has 1 atom stereocenters. The first kappa shape index (κ1) is 20.2. The Morgan fingerprint density at radius 1 is 1.13 bits per heavy atom. The normalized spacial score (nSPS) is 20.8. The Hall–Kier alpha value is -2.74. The number of anilines is 1. The number of rotatable bonds is 6. The molecule has 1 unspecified atom stereocenters. The monoisotopic (exact) mass is 421 g/mol. The highest BCUT2D eigenvalue weighted by Gasteiger charge is 2.33. The second-order valence-corrected chi connectivity index (χ2v) is 8.35. The van der Waals surface area contributed by atoms with Crippen LogP contribution in [0.25, 0.3) is 17.0 Å².